The summed E-state index contributed by atoms with van der Waals surface area (Å²) in [5.41, 5.74) is 7.44. The fourth-order valence-corrected chi connectivity index (χ4v) is 2.42. The maximum Gasteiger partial charge on any atom is 0.322 e. The highest BCUT2D eigenvalue weighted by Crippen LogP contribution is 2.30. The van der Waals surface area contributed by atoms with Crippen molar-refractivity contribution in [3.8, 4) is 0 Å². The molecule has 116 valence electrons. The first-order valence-electron chi connectivity index (χ1n) is 7.25. The van der Waals surface area contributed by atoms with Crippen LogP contribution in [0.3, 0.4) is 0 Å². The van der Waals surface area contributed by atoms with Gasteiger partial charge in [0.05, 0.1) is 0 Å². The molecule has 22 heavy (non-hydrogen) atoms. The lowest BCUT2D eigenvalue weighted by molar-refractivity contribution is -0.149. The third-order valence-electron chi connectivity index (χ3n) is 3.53. The first-order valence-corrected chi connectivity index (χ1v) is 7.25. The van der Waals surface area contributed by atoms with Crippen molar-refractivity contribution in [1.82, 2.24) is 0 Å². The summed E-state index contributed by atoms with van der Waals surface area (Å²) in [5, 5.41) is 0. The second-order valence-corrected chi connectivity index (χ2v) is 5.37. The Labute approximate surface area is 129 Å². The highest BCUT2D eigenvalue weighted by atomic mass is 19.1. The summed E-state index contributed by atoms with van der Waals surface area (Å²) >= 11 is 0. The van der Waals surface area contributed by atoms with E-state index < -0.39 is 18.1 Å². The smallest absolute Gasteiger partial charge is 0.322 e. The number of carbonyl (C=O) groups is 1. The number of hydrogen-bond acceptors (Lipinski definition) is 3. The molecule has 0 aromatic heterocycles. The molecule has 2 aromatic carbocycles. The van der Waals surface area contributed by atoms with Crippen molar-refractivity contribution in [1.29, 1.82) is 0 Å². The minimum Gasteiger partial charge on any atom is -0.461 e. The summed E-state index contributed by atoms with van der Waals surface area (Å²) < 4.78 is 18.6. The maximum atomic E-state index is 13.2. The summed E-state index contributed by atoms with van der Waals surface area (Å²) in [6.45, 7) is 3.41. The Balaban J connectivity index is 2.33. The van der Waals surface area contributed by atoms with E-state index in [4.69, 9.17) is 10.5 Å². The molecule has 3 nitrogen and oxygen atoms in total. The van der Waals surface area contributed by atoms with Crippen LogP contribution in [-0.4, -0.2) is 18.1 Å². The van der Waals surface area contributed by atoms with Crippen molar-refractivity contribution in [2.45, 2.75) is 31.9 Å². The van der Waals surface area contributed by atoms with Gasteiger partial charge in [0.25, 0.3) is 0 Å². The second-order valence-electron chi connectivity index (χ2n) is 5.37. The second kappa shape index (κ2) is 7.18. The number of ether oxygens (including phenoxy) is 1. The molecule has 0 aliphatic rings. The van der Waals surface area contributed by atoms with Gasteiger partial charge in [-0.25, -0.2) is 4.39 Å². The van der Waals surface area contributed by atoms with Gasteiger partial charge >= 0.3 is 5.97 Å². The van der Waals surface area contributed by atoms with E-state index in [9.17, 15) is 9.18 Å². The van der Waals surface area contributed by atoms with E-state index in [1.807, 2.05) is 37.3 Å². The summed E-state index contributed by atoms with van der Waals surface area (Å²) in [5.74, 6) is -0.921. The summed E-state index contributed by atoms with van der Waals surface area (Å²) in [6, 6.07) is 15.3. The predicted molar refractivity (Wildman–Crippen MR) is 83.9 cm³/mol. The summed E-state index contributed by atoms with van der Waals surface area (Å²) in [4.78, 5) is 11.8. The SMILES string of the molecule is C[C@H](N)C(=O)O[C@@H](C)C(c1ccccc1)c1ccc(F)cc1. The van der Waals surface area contributed by atoms with Gasteiger partial charge < -0.3 is 10.5 Å². The van der Waals surface area contributed by atoms with Gasteiger partial charge in [0, 0.05) is 5.92 Å². The van der Waals surface area contributed by atoms with Crippen LogP contribution in [0.5, 0.6) is 0 Å². The molecular formula is C18H20FNO2. The molecule has 0 radical (unpaired) electrons. The normalized spacial score (nSPS) is 14.9. The van der Waals surface area contributed by atoms with Crippen molar-refractivity contribution >= 4 is 5.97 Å². The molecule has 2 N–H and O–H groups in total. The van der Waals surface area contributed by atoms with Crippen LogP contribution in [0.15, 0.2) is 54.6 Å². The van der Waals surface area contributed by atoms with Crippen molar-refractivity contribution in [2.75, 3.05) is 0 Å². The fraction of sp³-hybridized carbons (Fsp3) is 0.278. The zero-order valence-corrected chi connectivity index (χ0v) is 12.7. The van der Waals surface area contributed by atoms with E-state index in [0.29, 0.717) is 0 Å². The van der Waals surface area contributed by atoms with E-state index in [-0.39, 0.29) is 11.7 Å². The van der Waals surface area contributed by atoms with Crippen LogP contribution in [0.2, 0.25) is 0 Å². The average Bonchev–Trinajstić information content (AvgIpc) is 2.50. The first-order chi connectivity index (χ1) is 10.5. The molecule has 0 fully saturated rings. The van der Waals surface area contributed by atoms with Gasteiger partial charge in [0.1, 0.15) is 18.0 Å². The number of nitrogens with two attached hydrogens (primary N) is 1. The van der Waals surface area contributed by atoms with E-state index in [0.717, 1.165) is 11.1 Å². The lowest BCUT2D eigenvalue weighted by atomic mass is 9.87. The van der Waals surface area contributed by atoms with Crippen LogP contribution in [0.25, 0.3) is 0 Å². The minimum atomic E-state index is -0.674. The number of rotatable bonds is 5. The van der Waals surface area contributed by atoms with Crippen LogP contribution >= 0.6 is 0 Å². The monoisotopic (exact) mass is 301 g/mol. The highest BCUT2D eigenvalue weighted by Gasteiger charge is 2.25. The van der Waals surface area contributed by atoms with Crippen LogP contribution in [0.4, 0.5) is 4.39 Å². The highest BCUT2D eigenvalue weighted by molar-refractivity contribution is 5.75. The van der Waals surface area contributed by atoms with Gasteiger partial charge in [-0.05, 0) is 37.1 Å². The largest absolute Gasteiger partial charge is 0.461 e. The van der Waals surface area contributed by atoms with Gasteiger partial charge in [0.2, 0.25) is 0 Å². The molecule has 0 saturated carbocycles. The molecule has 0 amide bonds. The van der Waals surface area contributed by atoms with E-state index in [2.05, 4.69) is 0 Å². The summed E-state index contributed by atoms with van der Waals surface area (Å²) in [7, 11) is 0. The zero-order chi connectivity index (χ0) is 16.1. The summed E-state index contributed by atoms with van der Waals surface area (Å²) in [6.07, 6.45) is -0.411. The number of esters is 1. The van der Waals surface area contributed by atoms with Crippen LogP contribution in [0, 0.1) is 5.82 Å². The Hall–Kier alpha value is -2.20. The third-order valence-corrected chi connectivity index (χ3v) is 3.53. The molecule has 2 rings (SSSR count). The zero-order valence-electron chi connectivity index (χ0n) is 12.7. The minimum absolute atomic E-state index is 0.176. The average molecular weight is 301 g/mol. The Kier molecular flexibility index (Phi) is 5.28. The van der Waals surface area contributed by atoms with Gasteiger partial charge in [-0.1, -0.05) is 42.5 Å². The first kappa shape index (κ1) is 16.2. The molecule has 0 heterocycles. The Bertz CT molecular complexity index is 611. The molecule has 0 aliphatic carbocycles. The van der Waals surface area contributed by atoms with E-state index >= 15 is 0 Å². The van der Waals surface area contributed by atoms with Crippen molar-refractivity contribution in [3.05, 3.63) is 71.5 Å². The molecule has 0 saturated heterocycles. The number of hydrogen-bond donors (Lipinski definition) is 1. The van der Waals surface area contributed by atoms with Gasteiger partial charge in [-0.15, -0.1) is 0 Å². The molecule has 3 atom stereocenters. The van der Waals surface area contributed by atoms with Gasteiger partial charge in [-0.3, -0.25) is 4.79 Å². The molecular weight excluding hydrogens is 281 g/mol. The lowest BCUT2D eigenvalue weighted by Gasteiger charge is -2.25. The molecule has 1 unspecified atom stereocenters. The number of benzene rings is 2. The van der Waals surface area contributed by atoms with Crippen LogP contribution in [-0.2, 0) is 9.53 Å². The predicted octanol–water partition coefficient (Wildman–Crippen LogP) is 3.24. The Morgan fingerprint density at radius 1 is 1.00 bits per heavy atom. The fourth-order valence-electron chi connectivity index (χ4n) is 2.42. The number of halogens is 1. The van der Waals surface area contributed by atoms with Crippen molar-refractivity contribution in [2.24, 2.45) is 5.73 Å². The maximum absolute atomic E-state index is 13.2. The Morgan fingerprint density at radius 2 is 1.55 bits per heavy atom. The van der Waals surface area contributed by atoms with Gasteiger partial charge in [-0.2, -0.15) is 0 Å². The molecule has 0 spiro atoms. The van der Waals surface area contributed by atoms with Crippen molar-refractivity contribution in [3.63, 3.8) is 0 Å². The molecule has 0 bridgehead atoms. The third kappa shape index (κ3) is 3.92. The quantitative estimate of drug-likeness (QED) is 0.863. The standard InChI is InChI=1S/C18H20FNO2/c1-12(20)18(21)22-13(2)17(14-6-4-3-5-7-14)15-8-10-16(19)11-9-15/h3-13,17H,20H2,1-2H3/t12-,13-,17?/m0/s1. The topological polar surface area (TPSA) is 52.3 Å². The Morgan fingerprint density at radius 3 is 2.09 bits per heavy atom. The van der Waals surface area contributed by atoms with E-state index in [1.54, 1.807) is 19.1 Å². The van der Waals surface area contributed by atoms with Crippen LogP contribution in [0.1, 0.15) is 30.9 Å². The van der Waals surface area contributed by atoms with Gasteiger partial charge in [0.15, 0.2) is 0 Å². The molecule has 0 aliphatic heterocycles. The van der Waals surface area contributed by atoms with E-state index in [1.165, 1.54) is 12.1 Å². The molecule has 2 aromatic rings. The number of carbonyl (C=O) groups excluding carboxylic acids is 1. The molecule has 4 heteroatoms. The lowest BCUT2D eigenvalue weighted by Crippen LogP contribution is -2.33. The van der Waals surface area contributed by atoms with Crippen molar-refractivity contribution < 1.29 is 13.9 Å². The van der Waals surface area contributed by atoms with Crippen LogP contribution < -0.4 is 5.73 Å².